The second-order valence-corrected chi connectivity index (χ2v) is 8.86. The van der Waals surface area contributed by atoms with Gasteiger partial charge in [0.05, 0.1) is 5.56 Å². The van der Waals surface area contributed by atoms with E-state index in [0.29, 0.717) is 31.5 Å². The lowest BCUT2D eigenvalue weighted by Crippen LogP contribution is -2.47. The van der Waals surface area contributed by atoms with Gasteiger partial charge < -0.3 is 15.1 Å². The predicted molar refractivity (Wildman–Crippen MR) is 105 cm³/mol. The average molecular weight is 387 g/mol. The molecule has 3 heterocycles. The van der Waals surface area contributed by atoms with Crippen LogP contribution in [0, 0.1) is 17.2 Å². The molecule has 1 N–H and O–H groups in total. The summed E-state index contributed by atoms with van der Waals surface area (Å²) in [6, 6.07) is 2.43. The van der Waals surface area contributed by atoms with Crippen LogP contribution in [0.2, 0.25) is 0 Å². The molecule has 1 aromatic rings. The number of rotatable bonds is 2. The zero-order valence-electron chi connectivity index (χ0n) is 15.6. The molecule has 6 nitrogen and oxygen atoms in total. The van der Waals surface area contributed by atoms with Gasteiger partial charge in [0, 0.05) is 37.0 Å². The summed E-state index contributed by atoms with van der Waals surface area (Å²) in [6.45, 7) is 3.00. The Morgan fingerprint density at radius 3 is 2.37 bits per heavy atom. The van der Waals surface area contributed by atoms with Crippen molar-refractivity contribution in [3.05, 3.63) is 16.0 Å². The molecule has 1 aromatic heterocycles. The third kappa shape index (κ3) is 3.68. The number of nitrogens with one attached hydrogen (secondary N) is 1. The van der Waals surface area contributed by atoms with E-state index in [1.807, 2.05) is 9.80 Å². The van der Waals surface area contributed by atoms with Gasteiger partial charge in [0.25, 0.3) is 0 Å². The maximum absolute atomic E-state index is 12.8. The molecule has 0 unspecified atom stereocenters. The number of urea groups is 1. The number of thiophene rings is 1. The average Bonchev–Trinajstić information content (AvgIpc) is 3.35. The Balaban J connectivity index is 1.36. The predicted octanol–water partition coefficient (Wildman–Crippen LogP) is 3.36. The van der Waals surface area contributed by atoms with E-state index in [0.717, 1.165) is 62.2 Å². The normalized spacial score (nSPS) is 20.3. The van der Waals surface area contributed by atoms with Crippen molar-refractivity contribution in [3.8, 4) is 6.07 Å². The van der Waals surface area contributed by atoms with Crippen LogP contribution in [0.1, 0.15) is 54.5 Å². The smallest absolute Gasteiger partial charge is 0.319 e. The second-order valence-electron chi connectivity index (χ2n) is 7.75. The topological polar surface area (TPSA) is 76.4 Å². The van der Waals surface area contributed by atoms with Crippen molar-refractivity contribution in [2.45, 2.75) is 51.4 Å². The lowest BCUT2D eigenvalue weighted by atomic mass is 9.95. The van der Waals surface area contributed by atoms with Crippen LogP contribution in [0.5, 0.6) is 0 Å². The molecule has 0 aromatic carbocycles. The summed E-state index contributed by atoms with van der Waals surface area (Å²) in [6.07, 6.45) is 7.82. The molecular weight excluding hydrogens is 360 g/mol. The van der Waals surface area contributed by atoms with Crippen molar-refractivity contribution in [1.29, 1.82) is 5.26 Å². The fraction of sp³-hybridized carbons (Fsp3) is 0.650. The van der Waals surface area contributed by atoms with E-state index < -0.39 is 0 Å². The summed E-state index contributed by atoms with van der Waals surface area (Å²) in [5.41, 5.74) is 1.82. The number of likely N-dealkylation sites (tertiary alicyclic amines) is 2. The number of amides is 3. The van der Waals surface area contributed by atoms with E-state index in [1.54, 1.807) is 11.3 Å². The van der Waals surface area contributed by atoms with Gasteiger partial charge in [-0.15, -0.1) is 11.3 Å². The zero-order valence-corrected chi connectivity index (χ0v) is 16.4. The highest BCUT2D eigenvalue weighted by Crippen LogP contribution is 2.38. The minimum absolute atomic E-state index is 0.00151. The fourth-order valence-corrected chi connectivity index (χ4v) is 5.67. The number of hydrogen-bond donors (Lipinski definition) is 1. The first-order chi connectivity index (χ1) is 13.2. The molecule has 2 saturated heterocycles. The number of aryl methyl sites for hydroxylation is 1. The van der Waals surface area contributed by atoms with E-state index in [-0.39, 0.29) is 17.9 Å². The van der Waals surface area contributed by atoms with Crippen LogP contribution < -0.4 is 5.32 Å². The molecule has 4 rings (SSSR count). The molecule has 7 heteroatoms. The monoisotopic (exact) mass is 386 g/mol. The zero-order chi connectivity index (χ0) is 18.8. The van der Waals surface area contributed by atoms with Gasteiger partial charge in [0.1, 0.15) is 11.1 Å². The van der Waals surface area contributed by atoms with Gasteiger partial charge in [-0.05, 0) is 56.9 Å². The van der Waals surface area contributed by atoms with E-state index in [9.17, 15) is 14.9 Å². The van der Waals surface area contributed by atoms with E-state index in [2.05, 4.69) is 11.4 Å². The standard InChI is InChI=1S/C20H26N4O2S/c21-13-16-15-5-1-2-6-17(15)27-19(16)22-18(25)14-7-11-24(12-8-14)20(26)23-9-3-4-10-23/h14H,1-12H2,(H,22,25). The third-order valence-corrected chi connectivity index (χ3v) is 7.24. The van der Waals surface area contributed by atoms with Crippen molar-refractivity contribution in [2.24, 2.45) is 5.92 Å². The summed E-state index contributed by atoms with van der Waals surface area (Å²) in [4.78, 5) is 30.3. The molecular formula is C20H26N4O2S. The molecule has 144 valence electrons. The molecule has 3 aliphatic rings. The fourth-order valence-electron chi connectivity index (χ4n) is 4.43. The molecule has 0 atom stereocenters. The van der Waals surface area contributed by atoms with Crippen molar-refractivity contribution in [2.75, 3.05) is 31.5 Å². The van der Waals surface area contributed by atoms with Crippen molar-refractivity contribution in [3.63, 3.8) is 0 Å². The minimum atomic E-state index is -0.0849. The molecule has 0 spiro atoms. The van der Waals surface area contributed by atoms with Crippen LogP contribution in [0.15, 0.2) is 0 Å². The van der Waals surface area contributed by atoms with Crippen LogP contribution >= 0.6 is 11.3 Å². The summed E-state index contributed by atoms with van der Waals surface area (Å²) in [5, 5.41) is 13.3. The number of piperidine rings is 1. The maximum Gasteiger partial charge on any atom is 0.319 e. The number of anilines is 1. The number of carbonyl (C=O) groups excluding carboxylic acids is 2. The Kier molecular flexibility index (Phi) is 5.35. The highest BCUT2D eigenvalue weighted by Gasteiger charge is 2.31. The summed E-state index contributed by atoms with van der Waals surface area (Å²) in [5.74, 6) is -0.0864. The van der Waals surface area contributed by atoms with Gasteiger partial charge in [0.2, 0.25) is 5.91 Å². The van der Waals surface area contributed by atoms with Crippen LogP contribution in [0.3, 0.4) is 0 Å². The first kappa shape index (κ1) is 18.3. The number of carbonyl (C=O) groups is 2. The Labute approximate surface area is 164 Å². The molecule has 2 aliphatic heterocycles. The molecule has 27 heavy (non-hydrogen) atoms. The summed E-state index contributed by atoms with van der Waals surface area (Å²) >= 11 is 1.58. The van der Waals surface area contributed by atoms with Crippen molar-refractivity contribution < 1.29 is 9.59 Å². The van der Waals surface area contributed by atoms with E-state index in [1.165, 1.54) is 4.88 Å². The molecule has 0 radical (unpaired) electrons. The van der Waals surface area contributed by atoms with Crippen molar-refractivity contribution >= 4 is 28.3 Å². The molecule has 2 fully saturated rings. The van der Waals surface area contributed by atoms with Gasteiger partial charge in [-0.3, -0.25) is 4.79 Å². The summed E-state index contributed by atoms with van der Waals surface area (Å²) in [7, 11) is 0. The minimum Gasteiger partial charge on any atom is -0.325 e. The quantitative estimate of drug-likeness (QED) is 0.847. The van der Waals surface area contributed by atoms with Gasteiger partial charge in [-0.1, -0.05) is 0 Å². The third-order valence-electron chi connectivity index (χ3n) is 6.03. The lowest BCUT2D eigenvalue weighted by Gasteiger charge is -2.34. The number of fused-ring (bicyclic) bond motifs is 1. The second kappa shape index (κ2) is 7.89. The first-order valence-corrected chi connectivity index (χ1v) is 10.9. The number of nitrogens with zero attached hydrogens (tertiary/aromatic N) is 3. The number of nitriles is 1. The molecule has 0 saturated carbocycles. The van der Waals surface area contributed by atoms with Crippen LogP contribution in [0.4, 0.5) is 9.80 Å². The number of hydrogen-bond acceptors (Lipinski definition) is 4. The van der Waals surface area contributed by atoms with Gasteiger partial charge in [0.15, 0.2) is 0 Å². The Hall–Kier alpha value is -2.07. The van der Waals surface area contributed by atoms with Gasteiger partial charge >= 0.3 is 6.03 Å². The van der Waals surface area contributed by atoms with Crippen molar-refractivity contribution in [1.82, 2.24) is 9.80 Å². The van der Waals surface area contributed by atoms with Crippen LogP contribution in [-0.2, 0) is 17.6 Å². The van der Waals surface area contributed by atoms with Crippen LogP contribution in [-0.4, -0.2) is 47.9 Å². The van der Waals surface area contributed by atoms with E-state index >= 15 is 0 Å². The Morgan fingerprint density at radius 1 is 1.00 bits per heavy atom. The van der Waals surface area contributed by atoms with Gasteiger partial charge in [-0.2, -0.15) is 5.26 Å². The Morgan fingerprint density at radius 2 is 1.67 bits per heavy atom. The van der Waals surface area contributed by atoms with Crippen LogP contribution in [0.25, 0.3) is 0 Å². The van der Waals surface area contributed by atoms with E-state index in [4.69, 9.17) is 0 Å². The molecule has 1 aliphatic carbocycles. The largest absolute Gasteiger partial charge is 0.325 e. The maximum atomic E-state index is 12.8. The highest BCUT2D eigenvalue weighted by atomic mass is 32.1. The first-order valence-electron chi connectivity index (χ1n) is 10.1. The van der Waals surface area contributed by atoms with Gasteiger partial charge in [-0.25, -0.2) is 4.79 Å². The highest BCUT2D eigenvalue weighted by molar-refractivity contribution is 7.16. The molecule has 0 bridgehead atoms. The molecule has 3 amide bonds. The Bertz CT molecular complexity index is 768. The summed E-state index contributed by atoms with van der Waals surface area (Å²) < 4.78 is 0. The lowest BCUT2D eigenvalue weighted by molar-refractivity contribution is -0.121. The SMILES string of the molecule is N#Cc1c(NC(=O)C2CCN(C(=O)N3CCCC3)CC2)sc2c1CCCC2.